The first-order valence-corrected chi connectivity index (χ1v) is 18.8. The third-order valence-electron chi connectivity index (χ3n) is 9.45. The minimum absolute atomic E-state index is 0.0238. The maximum atomic E-state index is 11.0. The van der Waals surface area contributed by atoms with Crippen LogP contribution in [-0.4, -0.2) is 68.1 Å². The Morgan fingerprint density at radius 3 is 2.22 bits per heavy atom. The number of halogens is 1. The molecule has 1 saturated carbocycles. The molecule has 258 valence electrons. The fourth-order valence-corrected chi connectivity index (χ4v) is 8.08. The van der Waals surface area contributed by atoms with Crippen molar-refractivity contribution < 1.29 is 38.3 Å². The molecule has 0 amide bonds. The number of carbonyl (C=O) groups is 1. The summed E-state index contributed by atoms with van der Waals surface area (Å²) in [6, 6.07) is 4.06. The highest BCUT2D eigenvalue weighted by Crippen LogP contribution is 2.42. The number of hydrogen-bond acceptors (Lipinski definition) is 8. The van der Waals surface area contributed by atoms with Crippen LogP contribution in [0.5, 0.6) is 0 Å². The van der Waals surface area contributed by atoms with Crippen LogP contribution in [0.3, 0.4) is 0 Å². The van der Waals surface area contributed by atoms with E-state index < -0.39 is 5.97 Å². The highest BCUT2D eigenvalue weighted by Gasteiger charge is 2.45. The molecule has 4 fully saturated rings. The molecule has 1 aliphatic carbocycles. The van der Waals surface area contributed by atoms with Gasteiger partial charge in [-0.3, -0.25) is 4.79 Å². The van der Waals surface area contributed by atoms with Gasteiger partial charge in [0.1, 0.15) is 0 Å². The van der Waals surface area contributed by atoms with Crippen molar-refractivity contribution in [1.82, 2.24) is 0 Å². The van der Waals surface area contributed by atoms with Gasteiger partial charge in [-0.15, -0.1) is 11.3 Å². The highest BCUT2D eigenvalue weighted by atomic mass is 35.5. The lowest BCUT2D eigenvalue weighted by molar-refractivity contribution is -0.203. The molecule has 46 heavy (non-hydrogen) atoms. The van der Waals surface area contributed by atoms with E-state index in [1.165, 1.54) is 4.88 Å². The van der Waals surface area contributed by atoms with E-state index in [2.05, 4.69) is 30.4 Å². The van der Waals surface area contributed by atoms with E-state index in [9.17, 15) is 4.79 Å². The van der Waals surface area contributed by atoms with E-state index in [1.807, 2.05) is 6.07 Å². The lowest BCUT2D eigenvalue weighted by Crippen LogP contribution is -2.31. The number of carboxylic acid groups (broad SMARTS) is 1. The number of ether oxygens (including phenoxy) is 6. The Labute approximate surface area is 283 Å². The van der Waals surface area contributed by atoms with Gasteiger partial charge in [-0.05, 0) is 108 Å². The van der Waals surface area contributed by atoms with Crippen molar-refractivity contribution in [2.75, 3.05) is 19.8 Å². The first kappa shape index (κ1) is 36.0. The second kappa shape index (κ2) is 19.6. The zero-order valence-corrected chi connectivity index (χ0v) is 28.7. The van der Waals surface area contributed by atoms with E-state index >= 15 is 0 Å². The van der Waals surface area contributed by atoms with E-state index in [-0.39, 0.29) is 55.4 Å². The van der Waals surface area contributed by atoms with Crippen LogP contribution >= 0.6 is 22.9 Å². The first-order valence-electron chi connectivity index (χ1n) is 17.6. The summed E-state index contributed by atoms with van der Waals surface area (Å²) < 4.78 is 38.9. The summed E-state index contributed by atoms with van der Waals surface area (Å²) in [7, 11) is 0. The number of unbranched alkanes of at least 4 members (excludes halogenated alkanes) is 1. The summed E-state index contributed by atoms with van der Waals surface area (Å²) in [6.07, 6.45) is 22.3. The molecular weight excluding hydrogens is 628 g/mol. The summed E-state index contributed by atoms with van der Waals surface area (Å²) in [5.41, 5.74) is 0. The Balaban J connectivity index is 1.34. The quantitative estimate of drug-likeness (QED) is 0.129. The average Bonchev–Trinajstić information content (AvgIpc) is 3.63. The zero-order valence-electron chi connectivity index (χ0n) is 27.1. The van der Waals surface area contributed by atoms with Crippen molar-refractivity contribution in [2.24, 2.45) is 11.8 Å². The Hall–Kier alpha value is -1.30. The van der Waals surface area contributed by atoms with Crippen molar-refractivity contribution in [3.63, 3.8) is 0 Å². The van der Waals surface area contributed by atoms with Crippen molar-refractivity contribution >= 4 is 28.9 Å². The van der Waals surface area contributed by atoms with E-state index in [1.54, 1.807) is 11.3 Å². The average molecular weight is 681 g/mol. The molecule has 3 saturated heterocycles. The number of rotatable bonds is 17. The standard InChI is InChI=1S/C36H53ClO8S/c37-32-21-19-27(46-32)18-16-26(43-34-13-5-8-22-40-34)17-20-29-28(11-3-1-2-4-12-33(38)39)30(44-35-14-6-9-23-41-35)25-31(29)45-36-15-7-10-24-42-36/h1,3,17,19-21,26,28-31,34-36H,2,4-16,18,22-25H2,(H,38,39)/b3-1-,20-17+/t26-,28+,29+,30-,31+,34?,35?,36?/m1/s1. The van der Waals surface area contributed by atoms with Gasteiger partial charge in [0.05, 0.1) is 22.6 Å². The minimum Gasteiger partial charge on any atom is -0.481 e. The maximum absolute atomic E-state index is 11.0. The Morgan fingerprint density at radius 2 is 1.61 bits per heavy atom. The number of carboxylic acids is 1. The van der Waals surface area contributed by atoms with Gasteiger partial charge in [-0.2, -0.15) is 0 Å². The fraction of sp³-hybridized carbons (Fsp3) is 0.750. The predicted molar refractivity (Wildman–Crippen MR) is 179 cm³/mol. The third kappa shape index (κ3) is 12.0. The molecule has 1 aromatic rings. The maximum Gasteiger partial charge on any atom is 0.303 e. The molecular formula is C36H53ClO8S. The van der Waals surface area contributed by atoms with E-state index in [4.69, 9.17) is 45.1 Å². The second-order valence-electron chi connectivity index (χ2n) is 13.0. The van der Waals surface area contributed by atoms with Gasteiger partial charge in [0, 0.05) is 43.5 Å². The van der Waals surface area contributed by atoms with Crippen molar-refractivity contribution in [2.45, 2.75) is 140 Å². The molecule has 0 spiro atoms. The molecule has 3 aliphatic heterocycles. The SMILES string of the molecule is O=C(O)CCC/C=C\C[C@H]1[C@H](/C=C/[C@@H](CCc2ccc(Cl)s2)OC2CCCCO2)[C@@H](OC2CCCCO2)C[C@H]1OC1CCCCO1. The van der Waals surface area contributed by atoms with Crippen LogP contribution in [0.25, 0.3) is 0 Å². The van der Waals surface area contributed by atoms with Crippen LogP contribution in [0.15, 0.2) is 36.4 Å². The van der Waals surface area contributed by atoms with Crippen molar-refractivity contribution in [3.8, 4) is 0 Å². The number of hydrogen-bond donors (Lipinski definition) is 1. The summed E-state index contributed by atoms with van der Waals surface area (Å²) in [4.78, 5) is 12.2. The largest absolute Gasteiger partial charge is 0.481 e. The van der Waals surface area contributed by atoms with Crippen molar-refractivity contribution in [3.05, 3.63) is 45.7 Å². The Bertz CT molecular complexity index is 1080. The second-order valence-corrected chi connectivity index (χ2v) is 14.8. The molecule has 0 aromatic carbocycles. The minimum atomic E-state index is -0.752. The van der Waals surface area contributed by atoms with Gasteiger partial charge in [-0.25, -0.2) is 0 Å². The van der Waals surface area contributed by atoms with Gasteiger partial charge in [0.25, 0.3) is 0 Å². The van der Waals surface area contributed by atoms with Gasteiger partial charge < -0.3 is 33.5 Å². The molecule has 10 heteroatoms. The summed E-state index contributed by atoms with van der Waals surface area (Å²) >= 11 is 7.86. The molecule has 0 radical (unpaired) electrons. The number of allylic oxidation sites excluding steroid dienone is 2. The zero-order chi connectivity index (χ0) is 32.0. The molecule has 8 nitrogen and oxygen atoms in total. The molecule has 8 atom stereocenters. The predicted octanol–water partition coefficient (Wildman–Crippen LogP) is 8.46. The fourth-order valence-electron chi connectivity index (χ4n) is 6.98. The summed E-state index contributed by atoms with van der Waals surface area (Å²) in [5, 5.41) is 9.04. The van der Waals surface area contributed by atoms with Crippen LogP contribution in [0.2, 0.25) is 4.34 Å². The molecule has 1 aromatic heterocycles. The smallest absolute Gasteiger partial charge is 0.303 e. The molecule has 4 aliphatic rings. The molecule has 1 N–H and O–H groups in total. The lowest BCUT2D eigenvalue weighted by atomic mass is 9.89. The first-order chi connectivity index (χ1) is 22.5. The number of thiophene rings is 1. The lowest BCUT2D eigenvalue weighted by Gasteiger charge is -2.30. The van der Waals surface area contributed by atoms with Gasteiger partial charge in [-0.1, -0.05) is 35.9 Å². The highest BCUT2D eigenvalue weighted by molar-refractivity contribution is 7.16. The number of aliphatic carboxylic acids is 1. The molecule has 3 unspecified atom stereocenters. The monoisotopic (exact) mass is 680 g/mol. The Morgan fingerprint density at radius 1 is 0.935 bits per heavy atom. The van der Waals surface area contributed by atoms with Crippen LogP contribution in [0.4, 0.5) is 0 Å². The van der Waals surface area contributed by atoms with E-state index in [0.29, 0.717) is 6.42 Å². The number of aryl methyl sites for hydroxylation is 1. The van der Waals surface area contributed by atoms with Crippen LogP contribution in [-0.2, 0) is 39.6 Å². The summed E-state index contributed by atoms with van der Waals surface area (Å²) in [5.74, 6) is -0.482. The molecule has 5 rings (SSSR count). The molecule has 4 heterocycles. The van der Waals surface area contributed by atoms with Gasteiger partial charge in [0.2, 0.25) is 0 Å². The van der Waals surface area contributed by atoms with Gasteiger partial charge in [0.15, 0.2) is 18.9 Å². The third-order valence-corrected chi connectivity index (χ3v) is 10.7. The summed E-state index contributed by atoms with van der Waals surface area (Å²) in [6.45, 7) is 2.22. The molecule has 0 bridgehead atoms. The van der Waals surface area contributed by atoms with Crippen LogP contribution in [0.1, 0.15) is 101 Å². The normalized spacial score (nSPS) is 31.5. The topological polar surface area (TPSA) is 92.7 Å². The van der Waals surface area contributed by atoms with Crippen LogP contribution < -0.4 is 0 Å². The van der Waals surface area contributed by atoms with Crippen molar-refractivity contribution in [1.29, 1.82) is 0 Å². The van der Waals surface area contributed by atoms with Crippen LogP contribution in [0, 0.1) is 11.8 Å². The van der Waals surface area contributed by atoms with E-state index in [0.717, 1.165) is 114 Å². The van der Waals surface area contributed by atoms with Gasteiger partial charge >= 0.3 is 5.97 Å². The Kier molecular flexibility index (Phi) is 15.4.